The highest BCUT2D eigenvalue weighted by atomic mass is 16.5. The molecule has 2 aromatic rings. The Morgan fingerprint density at radius 1 is 1.35 bits per heavy atom. The molecule has 0 atom stereocenters. The quantitative estimate of drug-likeness (QED) is 0.851. The van der Waals surface area contributed by atoms with Crippen LogP contribution < -0.4 is 5.32 Å². The van der Waals surface area contributed by atoms with Crippen LogP contribution in [0.2, 0.25) is 0 Å². The molecule has 23 heavy (non-hydrogen) atoms. The highest BCUT2D eigenvalue weighted by Gasteiger charge is 2.23. The van der Waals surface area contributed by atoms with Gasteiger partial charge in [0.15, 0.2) is 11.6 Å². The van der Waals surface area contributed by atoms with Gasteiger partial charge in [0, 0.05) is 36.1 Å². The first-order valence-corrected chi connectivity index (χ1v) is 7.60. The molecule has 0 unspecified atom stereocenters. The number of aryl methyl sites for hydroxylation is 2. The minimum absolute atomic E-state index is 0.0132. The Labute approximate surface area is 134 Å². The van der Waals surface area contributed by atoms with Crippen LogP contribution in [0.4, 0.5) is 0 Å². The summed E-state index contributed by atoms with van der Waals surface area (Å²) in [6.07, 6.45) is 0. The number of carbonyl (C=O) groups is 2. The van der Waals surface area contributed by atoms with Gasteiger partial charge >= 0.3 is 0 Å². The van der Waals surface area contributed by atoms with E-state index in [0.29, 0.717) is 24.5 Å². The van der Waals surface area contributed by atoms with Crippen molar-refractivity contribution in [1.82, 2.24) is 19.9 Å². The molecule has 122 valence electrons. The molecular formula is C16H20N4O3. The fourth-order valence-corrected chi connectivity index (χ4v) is 2.97. The first kappa shape index (κ1) is 15.5. The number of ketones is 1. The predicted molar refractivity (Wildman–Crippen MR) is 83.8 cm³/mol. The van der Waals surface area contributed by atoms with Gasteiger partial charge in [0.2, 0.25) is 5.91 Å². The molecule has 1 aliphatic heterocycles. The van der Waals surface area contributed by atoms with E-state index < -0.39 is 0 Å². The summed E-state index contributed by atoms with van der Waals surface area (Å²) >= 11 is 0. The third-order valence-electron chi connectivity index (χ3n) is 4.06. The molecule has 0 bridgehead atoms. The third kappa shape index (κ3) is 3.05. The molecule has 7 nitrogen and oxygen atoms in total. The fraction of sp³-hybridized carbons (Fsp3) is 0.438. The molecule has 0 saturated carbocycles. The smallest absolute Gasteiger partial charge is 0.234 e. The monoisotopic (exact) mass is 316 g/mol. The number of piperazine rings is 1. The summed E-state index contributed by atoms with van der Waals surface area (Å²) in [5.74, 6) is 1.38. The highest BCUT2D eigenvalue weighted by Crippen LogP contribution is 2.21. The third-order valence-corrected chi connectivity index (χ3v) is 4.06. The van der Waals surface area contributed by atoms with Crippen molar-refractivity contribution in [2.75, 3.05) is 26.2 Å². The molecule has 0 aliphatic carbocycles. The summed E-state index contributed by atoms with van der Waals surface area (Å²) < 4.78 is 7.03. The van der Waals surface area contributed by atoms with Crippen LogP contribution >= 0.6 is 0 Å². The lowest BCUT2D eigenvalue weighted by Crippen LogP contribution is -2.49. The van der Waals surface area contributed by atoms with Gasteiger partial charge in [-0.25, -0.2) is 0 Å². The molecular weight excluding hydrogens is 296 g/mol. The number of carbonyl (C=O) groups excluding carboxylic acids is 2. The maximum absolute atomic E-state index is 12.6. The molecule has 3 rings (SSSR count). The lowest BCUT2D eigenvalue weighted by atomic mass is 10.1. The van der Waals surface area contributed by atoms with Crippen LogP contribution in [-0.4, -0.2) is 52.5 Å². The van der Waals surface area contributed by atoms with Crippen molar-refractivity contribution in [2.24, 2.45) is 0 Å². The lowest BCUT2D eigenvalue weighted by molar-refractivity contribution is -0.123. The number of hydrogen-bond donors (Lipinski definition) is 1. The second-order valence-electron chi connectivity index (χ2n) is 5.90. The van der Waals surface area contributed by atoms with E-state index >= 15 is 0 Å². The molecule has 1 amide bonds. The van der Waals surface area contributed by atoms with Gasteiger partial charge in [-0.1, -0.05) is 5.16 Å². The van der Waals surface area contributed by atoms with E-state index in [1.165, 1.54) is 0 Å². The van der Waals surface area contributed by atoms with Crippen LogP contribution in [0.25, 0.3) is 5.82 Å². The number of amides is 1. The Morgan fingerprint density at radius 2 is 2.13 bits per heavy atom. The Bertz CT molecular complexity index is 759. The molecule has 0 radical (unpaired) electrons. The molecule has 0 spiro atoms. The van der Waals surface area contributed by atoms with Crippen molar-refractivity contribution in [3.8, 4) is 5.82 Å². The second kappa shape index (κ2) is 6.00. The summed E-state index contributed by atoms with van der Waals surface area (Å²) in [5, 5.41) is 6.78. The van der Waals surface area contributed by atoms with E-state index in [-0.39, 0.29) is 24.8 Å². The van der Waals surface area contributed by atoms with Gasteiger partial charge in [0.25, 0.3) is 0 Å². The minimum atomic E-state index is -0.0346. The summed E-state index contributed by atoms with van der Waals surface area (Å²) in [6, 6.07) is 3.70. The normalized spacial score (nSPS) is 15.7. The summed E-state index contributed by atoms with van der Waals surface area (Å²) in [4.78, 5) is 25.9. The van der Waals surface area contributed by atoms with Crippen LogP contribution in [0.3, 0.4) is 0 Å². The van der Waals surface area contributed by atoms with E-state index in [1.54, 1.807) is 0 Å². The minimum Gasteiger partial charge on any atom is -0.360 e. The zero-order valence-electron chi connectivity index (χ0n) is 13.5. The molecule has 1 fully saturated rings. The second-order valence-corrected chi connectivity index (χ2v) is 5.90. The number of Topliss-reactive ketones (excluding diaryl/α,β-unsaturated/α-hetero) is 1. The van der Waals surface area contributed by atoms with Gasteiger partial charge in [0.1, 0.15) is 5.76 Å². The van der Waals surface area contributed by atoms with Crippen molar-refractivity contribution in [3.05, 3.63) is 34.8 Å². The molecule has 3 heterocycles. The molecule has 2 aromatic heterocycles. The summed E-state index contributed by atoms with van der Waals surface area (Å²) in [7, 11) is 0. The van der Waals surface area contributed by atoms with Crippen LogP contribution in [0.15, 0.2) is 16.7 Å². The van der Waals surface area contributed by atoms with Gasteiger partial charge in [-0.15, -0.1) is 0 Å². The van der Waals surface area contributed by atoms with Gasteiger partial charge in [-0.05, 0) is 26.8 Å². The van der Waals surface area contributed by atoms with Crippen molar-refractivity contribution < 1.29 is 14.1 Å². The van der Waals surface area contributed by atoms with E-state index in [4.69, 9.17) is 4.52 Å². The fourth-order valence-electron chi connectivity index (χ4n) is 2.97. The van der Waals surface area contributed by atoms with Gasteiger partial charge < -0.3 is 9.84 Å². The Balaban J connectivity index is 1.83. The van der Waals surface area contributed by atoms with Crippen LogP contribution in [-0.2, 0) is 4.79 Å². The topological polar surface area (TPSA) is 80.4 Å². The predicted octanol–water partition coefficient (Wildman–Crippen LogP) is 1.01. The number of aromatic nitrogens is 2. The first-order chi connectivity index (χ1) is 11.0. The molecule has 7 heteroatoms. The van der Waals surface area contributed by atoms with Crippen molar-refractivity contribution in [1.29, 1.82) is 0 Å². The van der Waals surface area contributed by atoms with Gasteiger partial charge in [-0.3, -0.25) is 19.1 Å². The Morgan fingerprint density at radius 3 is 2.78 bits per heavy atom. The highest BCUT2D eigenvalue weighted by molar-refractivity contribution is 5.99. The van der Waals surface area contributed by atoms with E-state index in [0.717, 1.165) is 17.1 Å². The van der Waals surface area contributed by atoms with Crippen molar-refractivity contribution in [3.63, 3.8) is 0 Å². The SMILES string of the molecule is Cc1cc(-n2c(C)cc(C(=O)CN3CCNC(=O)C3)c2C)no1. The molecule has 1 saturated heterocycles. The van der Waals surface area contributed by atoms with E-state index in [1.807, 2.05) is 42.4 Å². The van der Waals surface area contributed by atoms with E-state index in [2.05, 4.69) is 10.5 Å². The first-order valence-electron chi connectivity index (χ1n) is 7.60. The Kier molecular flexibility index (Phi) is 4.04. The maximum atomic E-state index is 12.6. The average Bonchev–Trinajstić information content (AvgIpc) is 3.02. The van der Waals surface area contributed by atoms with Gasteiger partial charge in [0.05, 0.1) is 13.1 Å². The number of nitrogens with zero attached hydrogens (tertiary/aromatic N) is 3. The largest absolute Gasteiger partial charge is 0.360 e. The Hall–Kier alpha value is -2.41. The zero-order chi connectivity index (χ0) is 16.6. The number of hydrogen-bond acceptors (Lipinski definition) is 5. The zero-order valence-corrected chi connectivity index (χ0v) is 13.5. The van der Waals surface area contributed by atoms with Crippen LogP contribution in [0.5, 0.6) is 0 Å². The molecule has 1 N–H and O–H groups in total. The van der Waals surface area contributed by atoms with E-state index in [9.17, 15) is 9.59 Å². The number of nitrogens with one attached hydrogen (secondary N) is 1. The lowest BCUT2D eigenvalue weighted by Gasteiger charge is -2.25. The van der Waals surface area contributed by atoms with Crippen molar-refractivity contribution >= 4 is 11.7 Å². The van der Waals surface area contributed by atoms with Crippen molar-refractivity contribution in [2.45, 2.75) is 20.8 Å². The summed E-state index contributed by atoms with van der Waals surface area (Å²) in [5.41, 5.74) is 2.42. The van der Waals surface area contributed by atoms with Crippen LogP contribution in [0.1, 0.15) is 27.5 Å². The standard InChI is InChI=1S/C16H20N4O3/c1-10-6-13(12(3)20(10)15-7-11(2)23-18-15)14(21)8-19-5-4-17-16(22)9-19/h6-7H,4-5,8-9H2,1-3H3,(H,17,22). The average molecular weight is 316 g/mol. The number of rotatable bonds is 4. The maximum Gasteiger partial charge on any atom is 0.234 e. The molecule has 0 aromatic carbocycles. The van der Waals surface area contributed by atoms with Gasteiger partial charge in [-0.2, -0.15) is 0 Å². The summed E-state index contributed by atoms with van der Waals surface area (Å²) in [6.45, 7) is 7.46. The molecule has 1 aliphatic rings. The van der Waals surface area contributed by atoms with Crippen LogP contribution in [0, 0.1) is 20.8 Å².